The molecular weight excluding hydrogens is 265 g/mol. The van der Waals surface area contributed by atoms with E-state index in [1.54, 1.807) is 6.07 Å². The molecule has 1 N–H and O–H groups in total. The summed E-state index contributed by atoms with van der Waals surface area (Å²) in [5.74, 6) is 0.996. The monoisotopic (exact) mass is 287 g/mol. The van der Waals surface area contributed by atoms with Crippen molar-refractivity contribution in [3.05, 3.63) is 47.5 Å². The molecule has 0 radical (unpaired) electrons. The molecule has 2 heterocycles. The maximum atomic E-state index is 14.2. The van der Waals surface area contributed by atoms with Crippen molar-refractivity contribution in [2.24, 2.45) is 5.92 Å². The lowest BCUT2D eigenvalue weighted by atomic mass is 9.91. The molecule has 3 rings (SSSR count). The second-order valence-corrected chi connectivity index (χ2v) is 6.93. The van der Waals surface area contributed by atoms with Gasteiger partial charge < -0.3 is 9.88 Å². The summed E-state index contributed by atoms with van der Waals surface area (Å²) in [4.78, 5) is 4.69. The highest BCUT2D eigenvalue weighted by molar-refractivity contribution is 5.38. The van der Waals surface area contributed by atoms with Crippen LogP contribution in [0.2, 0.25) is 0 Å². The summed E-state index contributed by atoms with van der Waals surface area (Å²) in [6.45, 7) is 9.37. The first-order valence-electron chi connectivity index (χ1n) is 7.45. The molecule has 2 atom stereocenters. The van der Waals surface area contributed by atoms with E-state index in [1.165, 1.54) is 6.07 Å². The van der Waals surface area contributed by atoms with Gasteiger partial charge in [-0.25, -0.2) is 9.37 Å². The number of nitrogens with one attached hydrogen (secondary N) is 1. The Balaban J connectivity index is 2.11. The fraction of sp³-hybridized carbons (Fsp3) is 0.471. The number of nitrogens with zero attached hydrogens (tertiary/aromatic N) is 2. The topological polar surface area (TPSA) is 29.9 Å². The first-order valence-corrected chi connectivity index (χ1v) is 7.45. The molecule has 4 heteroatoms. The molecule has 0 bridgehead atoms. The quantitative estimate of drug-likeness (QED) is 0.860. The maximum absolute atomic E-state index is 14.2. The van der Waals surface area contributed by atoms with Gasteiger partial charge in [0.15, 0.2) is 0 Å². The van der Waals surface area contributed by atoms with Crippen molar-refractivity contribution in [2.75, 3.05) is 11.9 Å². The van der Waals surface area contributed by atoms with E-state index in [2.05, 4.69) is 43.8 Å². The molecule has 1 aromatic carbocycles. The predicted molar refractivity (Wildman–Crippen MR) is 83.1 cm³/mol. The van der Waals surface area contributed by atoms with Gasteiger partial charge in [0, 0.05) is 23.7 Å². The fourth-order valence-electron chi connectivity index (χ4n) is 2.91. The molecule has 2 unspecified atom stereocenters. The van der Waals surface area contributed by atoms with E-state index < -0.39 is 0 Å². The lowest BCUT2D eigenvalue weighted by Gasteiger charge is -2.32. The number of benzene rings is 1. The molecule has 0 spiro atoms. The number of anilines is 1. The lowest BCUT2D eigenvalue weighted by molar-refractivity contribution is 0.387. The van der Waals surface area contributed by atoms with Crippen molar-refractivity contribution >= 4 is 5.95 Å². The van der Waals surface area contributed by atoms with Crippen LogP contribution in [0.4, 0.5) is 10.3 Å². The molecule has 1 aliphatic heterocycles. The molecule has 0 aliphatic carbocycles. The third-order valence-corrected chi connectivity index (χ3v) is 4.15. The normalized spacial score (nSPS) is 21.8. The van der Waals surface area contributed by atoms with Gasteiger partial charge in [0.05, 0.1) is 11.7 Å². The Morgan fingerprint density at radius 2 is 2.00 bits per heavy atom. The minimum Gasteiger partial charge on any atom is -0.355 e. The summed E-state index contributed by atoms with van der Waals surface area (Å²) in [5.41, 5.74) is 1.75. The minimum absolute atomic E-state index is 0.00829. The molecule has 21 heavy (non-hydrogen) atoms. The Morgan fingerprint density at radius 3 is 2.67 bits per heavy atom. The van der Waals surface area contributed by atoms with E-state index in [-0.39, 0.29) is 17.3 Å². The van der Waals surface area contributed by atoms with E-state index in [9.17, 15) is 4.39 Å². The summed E-state index contributed by atoms with van der Waals surface area (Å²) < 4.78 is 16.3. The van der Waals surface area contributed by atoms with Gasteiger partial charge in [-0.05, 0) is 12.0 Å². The number of rotatable bonds is 1. The predicted octanol–water partition coefficient (Wildman–Crippen LogP) is 3.97. The SMILES string of the molecule is CC1CNc2nc(C(C)(C)C)cn2C1c1ccccc1F. The largest absolute Gasteiger partial charge is 0.355 e. The number of hydrogen-bond acceptors (Lipinski definition) is 2. The smallest absolute Gasteiger partial charge is 0.203 e. The van der Waals surface area contributed by atoms with Gasteiger partial charge in [-0.2, -0.15) is 0 Å². The van der Waals surface area contributed by atoms with Crippen LogP contribution in [0.15, 0.2) is 30.5 Å². The van der Waals surface area contributed by atoms with E-state index in [0.717, 1.165) is 23.8 Å². The van der Waals surface area contributed by atoms with Gasteiger partial charge in [-0.3, -0.25) is 0 Å². The van der Waals surface area contributed by atoms with E-state index >= 15 is 0 Å². The van der Waals surface area contributed by atoms with Gasteiger partial charge >= 0.3 is 0 Å². The van der Waals surface area contributed by atoms with Gasteiger partial charge in [0.2, 0.25) is 5.95 Å². The second kappa shape index (κ2) is 4.86. The van der Waals surface area contributed by atoms with Crippen molar-refractivity contribution in [1.82, 2.24) is 9.55 Å². The standard InChI is InChI=1S/C17H22FN3/c1-11-9-19-16-20-14(17(2,3)4)10-21(16)15(11)12-7-5-6-8-13(12)18/h5-8,10-11,15H,9H2,1-4H3,(H,19,20). The van der Waals surface area contributed by atoms with Gasteiger partial charge in [-0.15, -0.1) is 0 Å². The summed E-state index contributed by atoms with van der Waals surface area (Å²) in [7, 11) is 0. The Bertz CT molecular complexity index is 654. The highest BCUT2D eigenvalue weighted by atomic mass is 19.1. The average Bonchev–Trinajstić information content (AvgIpc) is 2.84. The summed E-state index contributed by atoms with van der Waals surface area (Å²) in [6, 6.07) is 7.04. The van der Waals surface area contributed by atoms with Gasteiger partial charge in [-0.1, -0.05) is 45.9 Å². The molecule has 0 saturated carbocycles. The van der Waals surface area contributed by atoms with Crippen molar-refractivity contribution in [3.8, 4) is 0 Å². The van der Waals surface area contributed by atoms with Crippen LogP contribution >= 0.6 is 0 Å². The van der Waals surface area contributed by atoms with Crippen LogP contribution in [-0.2, 0) is 5.41 Å². The molecule has 1 aromatic heterocycles. The highest BCUT2D eigenvalue weighted by Crippen LogP contribution is 2.36. The Labute approximate surface area is 125 Å². The maximum Gasteiger partial charge on any atom is 0.203 e. The van der Waals surface area contributed by atoms with Crippen LogP contribution in [0, 0.1) is 11.7 Å². The number of hydrogen-bond donors (Lipinski definition) is 1. The van der Waals surface area contributed by atoms with Crippen LogP contribution in [-0.4, -0.2) is 16.1 Å². The fourth-order valence-corrected chi connectivity index (χ4v) is 2.91. The summed E-state index contributed by atoms with van der Waals surface area (Å²) in [6.07, 6.45) is 2.06. The Hall–Kier alpha value is -1.84. The van der Waals surface area contributed by atoms with E-state index in [4.69, 9.17) is 4.98 Å². The van der Waals surface area contributed by atoms with Crippen LogP contribution in [0.1, 0.15) is 45.0 Å². The average molecular weight is 287 g/mol. The van der Waals surface area contributed by atoms with Crippen LogP contribution in [0.25, 0.3) is 0 Å². The van der Waals surface area contributed by atoms with Crippen LogP contribution in [0.5, 0.6) is 0 Å². The number of imidazole rings is 1. The first kappa shape index (κ1) is 14.1. The van der Waals surface area contributed by atoms with Crippen molar-refractivity contribution in [2.45, 2.75) is 39.2 Å². The third kappa shape index (κ3) is 2.43. The molecule has 0 fully saturated rings. The molecule has 2 aromatic rings. The summed E-state index contributed by atoms with van der Waals surface area (Å²) in [5, 5.41) is 3.35. The molecule has 112 valence electrons. The zero-order chi connectivity index (χ0) is 15.2. The molecule has 0 saturated heterocycles. The van der Waals surface area contributed by atoms with Crippen molar-refractivity contribution in [3.63, 3.8) is 0 Å². The zero-order valence-electron chi connectivity index (χ0n) is 13.0. The minimum atomic E-state index is -0.145. The first-order chi connectivity index (χ1) is 9.88. The third-order valence-electron chi connectivity index (χ3n) is 4.15. The van der Waals surface area contributed by atoms with Crippen LogP contribution in [0.3, 0.4) is 0 Å². The van der Waals surface area contributed by atoms with Gasteiger partial charge in [0.1, 0.15) is 5.82 Å². The summed E-state index contributed by atoms with van der Waals surface area (Å²) >= 11 is 0. The van der Waals surface area contributed by atoms with Crippen LogP contribution < -0.4 is 5.32 Å². The van der Waals surface area contributed by atoms with Gasteiger partial charge in [0.25, 0.3) is 0 Å². The Morgan fingerprint density at radius 1 is 1.29 bits per heavy atom. The molecule has 0 amide bonds. The zero-order valence-corrected chi connectivity index (χ0v) is 13.0. The molecule has 3 nitrogen and oxygen atoms in total. The number of halogens is 1. The van der Waals surface area contributed by atoms with E-state index in [1.807, 2.05) is 12.1 Å². The number of aromatic nitrogens is 2. The number of fused-ring (bicyclic) bond motifs is 1. The molecule has 1 aliphatic rings. The van der Waals surface area contributed by atoms with E-state index in [0.29, 0.717) is 5.92 Å². The second-order valence-electron chi connectivity index (χ2n) is 6.93. The van der Waals surface area contributed by atoms with Crippen molar-refractivity contribution in [1.29, 1.82) is 0 Å². The molecular formula is C17H22FN3. The lowest BCUT2D eigenvalue weighted by Crippen LogP contribution is -2.31. The Kier molecular flexibility index (Phi) is 3.27. The van der Waals surface area contributed by atoms with Crippen molar-refractivity contribution < 1.29 is 4.39 Å². The highest BCUT2D eigenvalue weighted by Gasteiger charge is 2.32.